The molecular weight excluding hydrogens is 254 g/mol. The van der Waals surface area contributed by atoms with Gasteiger partial charge in [-0.3, -0.25) is 0 Å². The summed E-state index contributed by atoms with van der Waals surface area (Å²) >= 11 is 0. The van der Waals surface area contributed by atoms with Crippen LogP contribution in [0, 0.1) is 0 Å². The summed E-state index contributed by atoms with van der Waals surface area (Å²) in [6.45, 7) is 6.22. The van der Waals surface area contributed by atoms with E-state index in [-0.39, 0.29) is 6.10 Å². The maximum absolute atomic E-state index is 12.5. The van der Waals surface area contributed by atoms with Crippen LogP contribution in [-0.4, -0.2) is 69.0 Å². The maximum atomic E-state index is 12.5. The van der Waals surface area contributed by atoms with Gasteiger partial charge >= 0.3 is 0 Å². The van der Waals surface area contributed by atoms with Crippen molar-refractivity contribution >= 4 is 10.2 Å². The average Bonchev–Trinajstić information content (AvgIpc) is 2.89. The van der Waals surface area contributed by atoms with Crippen LogP contribution < -0.4 is 5.32 Å². The monoisotopic (exact) mass is 277 g/mol. The van der Waals surface area contributed by atoms with Crippen molar-refractivity contribution in [3.05, 3.63) is 0 Å². The second-order valence-electron chi connectivity index (χ2n) is 4.74. The number of nitrogens with zero attached hydrogens (tertiary/aromatic N) is 2. The summed E-state index contributed by atoms with van der Waals surface area (Å²) in [6.07, 6.45) is 2.08. The highest BCUT2D eigenvalue weighted by atomic mass is 32.2. The van der Waals surface area contributed by atoms with Crippen molar-refractivity contribution in [3.63, 3.8) is 0 Å². The summed E-state index contributed by atoms with van der Waals surface area (Å²) in [5, 5.41) is 3.17. The van der Waals surface area contributed by atoms with Crippen LogP contribution in [0.4, 0.5) is 0 Å². The molecule has 2 saturated heterocycles. The quantitative estimate of drug-likeness (QED) is 0.745. The highest BCUT2D eigenvalue weighted by Crippen LogP contribution is 2.17. The molecule has 2 aliphatic rings. The van der Waals surface area contributed by atoms with Gasteiger partial charge in [-0.05, 0) is 12.8 Å². The lowest BCUT2D eigenvalue weighted by atomic mass is 10.2. The lowest BCUT2D eigenvalue weighted by Crippen LogP contribution is -2.52. The lowest BCUT2D eigenvalue weighted by Gasteiger charge is -2.32. The van der Waals surface area contributed by atoms with Crippen LogP contribution in [0.2, 0.25) is 0 Å². The minimum atomic E-state index is -3.31. The van der Waals surface area contributed by atoms with Gasteiger partial charge in [-0.15, -0.1) is 0 Å². The molecule has 0 spiro atoms. The first-order chi connectivity index (χ1) is 8.64. The summed E-state index contributed by atoms with van der Waals surface area (Å²) in [6, 6.07) is 0. The molecule has 106 valence electrons. The van der Waals surface area contributed by atoms with Crippen LogP contribution in [0.25, 0.3) is 0 Å². The third kappa shape index (κ3) is 3.21. The number of nitrogens with one attached hydrogen (secondary N) is 1. The third-order valence-corrected chi connectivity index (χ3v) is 5.59. The van der Waals surface area contributed by atoms with Gasteiger partial charge in [0.1, 0.15) is 0 Å². The number of ether oxygens (including phenoxy) is 1. The number of hydrogen-bond donors (Lipinski definition) is 1. The topological polar surface area (TPSA) is 61.9 Å². The van der Waals surface area contributed by atoms with E-state index in [1.54, 1.807) is 8.61 Å². The molecule has 1 N–H and O–H groups in total. The molecule has 0 saturated carbocycles. The fraction of sp³-hybridized carbons (Fsp3) is 1.00. The van der Waals surface area contributed by atoms with E-state index in [1.165, 1.54) is 0 Å². The Bertz CT molecular complexity index is 349. The number of piperazine rings is 1. The normalized spacial score (nSPS) is 26.9. The van der Waals surface area contributed by atoms with Crippen LogP contribution in [-0.2, 0) is 14.9 Å². The Morgan fingerprint density at radius 2 is 2.11 bits per heavy atom. The molecule has 7 heteroatoms. The first-order valence-electron chi connectivity index (χ1n) is 6.72. The van der Waals surface area contributed by atoms with Crippen molar-refractivity contribution < 1.29 is 13.2 Å². The number of hydrogen-bond acceptors (Lipinski definition) is 4. The zero-order valence-corrected chi connectivity index (χ0v) is 11.8. The van der Waals surface area contributed by atoms with E-state index in [1.807, 2.05) is 6.92 Å². The van der Waals surface area contributed by atoms with Crippen molar-refractivity contribution in [1.29, 1.82) is 0 Å². The third-order valence-electron chi connectivity index (χ3n) is 3.51. The zero-order chi connectivity index (χ0) is 13.0. The van der Waals surface area contributed by atoms with Gasteiger partial charge in [-0.2, -0.15) is 17.0 Å². The van der Waals surface area contributed by atoms with Crippen molar-refractivity contribution in [2.24, 2.45) is 0 Å². The lowest BCUT2D eigenvalue weighted by molar-refractivity contribution is 0.0929. The molecule has 0 aliphatic carbocycles. The van der Waals surface area contributed by atoms with Crippen molar-refractivity contribution in [1.82, 2.24) is 13.9 Å². The summed E-state index contributed by atoms with van der Waals surface area (Å²) in [5.74, 6) is 0. The predicted molar refractivity (Wildman–Crippen MR) is 69.6 cm³/mol. The predicted octanol–water partition coefficient (Wildman–Crippen LogP) is -0.363. The zero-order valence-electron chi connectivity index (χ0n) is 11.0. The average molecular weight is 277 g/mol. The van der Waals surface area contributed by atoms with Gasteiger partial charge in [0.25, 0.3) is 10.2 Å². The minimum absolute atomic E-state index is 0.0719. The highest BCUT2D eigenvalue weighted by molar-refractivity contribution is 7.86. The molecule has 2 aliphatic heterocycles. The van der Waals surface area contributed by atoms with E-state index in [0.717, 1.165) is 32.5 Å². The summed E-state index contributed by atoms with van der Waals surface area (Å²) in [4.78, 5) is 0. The first kappa shape index (κ1) is 14.2. The molecule has 0 radical (unpaired) electrons. The van der Waals surface area contributed by atoms with Crippen LogP contribution in [0.5, 0.6) is 0 Å². The van der Waals surface area contributed by atoms with Crippen LogP contribution >= 0.6 is 0 Å². The molecule has 18 heavy (non-hydrogen) atoms. The molecule has 0 aromatic heterocycles. The van der Waals surface area contributed by atoms with Crippen molar-refractivity contribution in [3.8, 4) is 0 Å². The van der Waals surface area contributed by atoms with Crippen molar-refractivity contribution in [2.45, 2.75) is 25.9 Å². The molecule has 1 atom stereocenters. The fourth-order valence-electron chi connectivity index (χ4n) is 2.44. The summed E-state index contributed by atoms with van der Waals surface area (Å²) < 4.78 is 33.6. The van der Waals surface area contributed by atoms with Crippen molar-refractivity contribution in [2.75, 3.05) is 45.9 Å². The number of rotatable bonds is 5. The van der Waals surface area contributed by atoms with Gasteiger partial charge in [-0.1, -0.05) is 6.92 Å². The molecular formula is C11H23N3O3S. The van der Waals surface area contributed by atoms with Gasteiger partial charge in [0.05, 0.1) is 6.10 Å². The molecule has 0 amide bonds. The Hall–Kier alpha value is -0.210. The Morgan fingerprint density at radius 1 is 1.39 bits per heavy atom. The molecule has 0 bridgehead atoms. The maximum Gasteiger partial charge on any atom is 0.282 e. The minimum Gasteiger partial charge on any atom is -0.377 e. The van der Waals surface area contributed by atoms with Gasteiger partial charge in [0, 0.05) is 45.9 Å². The SMILES string of the molecule is CCN(CC1CCCO1)S(=O)(=O)N1CCNCC1. The molecule has 2 fully saturated rings. The van der Waals surface area contributed by atoms with Gasteiger partial charge < -0.3 is 10.1 Å². The Kier molecular flexibility index (Phi) is 4.97. The molecule has 0 aromatic carbocycles. The van der Waals surface area contributed by atoms with E-state index >= 15 is 0 Å². The van der Waals surface area contributed by atoms with Crippen LogP contribution in [0.3, 0.4) is 0 Å². The van der Waals surface area contributed by atoms with Crippen LogP contribution in [0.15, 0.2) is 0 Å². The van der Waals surface area contributed by atoms with Gasteiger partial charge in [0.15, 0.2) is 0 Å². The van der Waals surface area contributed by atoms with E-state index < -0.39 is 10.2 Å². The summed E-state index contributed by atoms with van der Waals surface area (Å²) in [7, 11) is -3.31. The largest absolute Gasteiger partial charge is 0.377 e. The summed E-state index contributed by atoms with van der Waals surface area (Å²) in [5.41, 5.74) is 0. The molecule has 0 aromatic rings. The molecule has 2 rings (SSSR count). The number of likely N-dealkylation sites (N-methyl/N-ethyl adjacent to an activating group) is 1. The molecule has 6 nitrogen and oxygen atoms in total. The highest BCUT2D eigenvalue weighted by Gasteiger charge is 2.32. The second-order valence-corrected chi connectivity index (χ2v) is 6.67. The van der Waals surface area contributed by atoms with E-state index in [0.29, 0.717) is 26.2 Å². The smallest absolute Gasteiger partial charge is 0.282 e. The second kappa shape index (κ2) is 6.29. The van der Waals surface area contributed by atoms with E-state index in [4.69, 9.17) is 4.74 Å². The van der Waals surface area contributed by atoms with Crippen LogP contribution in [0.1, 0.15) is 19.8 Å². The standard InChI is InChI=1S/C11H23N3O3S/c1-2-13(10-11-4-3-9-17-11)18(15,16)14-7-5-12-6-8-14/h11-12H,2-10H2,1H3. The Morgan fingerprint density at radius 3 is 2.67 bits per heavy atom. The van der Waals surface area contributed by atoms with Gasteiger partial charge in [0.2, 0.25) is 0 Å². The van der Waals surface area contributed by atoms with E-state index in [2.05, 4.69) is 5.32 Å². The fourth-order valence-corrected chi connectivity index (χ4v) is 4.09. The molecule has 2 heterocycles. The van der Waals surface area contributed by atoms with E-state index in [9.17, 15) is 8.42 Å². The Balaban J connectivity index is 1.99. The Labute approximate surface area is 109 Å². The molecule has 1 unspecified atom stereocenters. The van der Waals surface area contributed by atoms with Gasteiger partial charge in [-0.25, -0.2) is 0 Å². The first-order valence-corrected chi connectivity index (χ1v) is 8.12.